The molecule has 0 atom stereocenters. The number of halogens is 1. The summed E-state index contributed by atoms with van der Waals surface area (Å²) in [5.41, 5.74) is 3.03. The molecule has 0 radical (unpaired) electrons. The molecule has 0 unspecified atom stereocenters. The van der Waals surface area contributed by atoms with Gasteiger partial charge < -0.3 is 5.32 Å². The highest BCUT2D eigenvalue weighted by Gasteiger charge is 2.05. The van der Waals surface area contributed by atoms with Crippen molar-refractivity contribution in [2.45, 2.75) is 19.8 Å². The first-order valence-electron chi connectivity index (χ1n) is 6.19. The molecule has 0 aliphatic rings. The van der Waals surface area contributed by atoms with Gasteiger partial charge in [0.05, 0.1) is 6.20 Å². The maximum absolute atomic E-state index is 11.9. The molecule has 2 rings (SSSR count). The van der Waals surface area contributed by atoms with Crippen molar-refractivity contribution in [2.75, 3.05) is 6.54 Å². The predicted octanol–water partition coefficient (Wildman–Crippen LogP) is 2.69. The fraction of sp³-hybridized carbons (Fsp3) is 0.286. The van der Waals surface area contributed by atoms with Crippen molar-refractivity contribution in [3.05, 3.63) is 50.9 Å². The van der Waals surface area contributed by atoms with Crippen molar-refractivity contribution in [3.63, 3.8) is 0 Å². The average molecular weight is 369 g/mol. The molecule has 1 amide bonds. The maximum Gasteiger partial charge on any atom is 0.251 e. The van der Waals surface area contributed by atoms with Crippen LogP contribution in [0.15, 0.2) is 30.5 Å². The molecular weight excluding hydrogens is 353 g/mol. The standard InChI is InChI=1S/C14H16IN3O/c1-10-12(9-17-18-10)5-3-7-16-14(19)11-4-2-6-13(15)8-11/h2,4,6,8-9H,3,5,7H2,1H3,(H,16,19)(H,17,18). The molecule has 0 saturated carbocycles. The highest BCUT2D eigenvalue weighted by molar-refractivity contribution is 14.1. The van der Waals surface area contributed by atoms with Gasteiger partial charge in [0.1, 0.15) is 0 Å². The van der Waals surface area contributed by atoms with Crippen molar-refractivity contribution in [3.8, 4) is 0 Å². The molecule has 1 aromatic carbocycles. The number of amides is 1. The molecule has 0 saturated heterocycles. The summed E-state index contributed by atoms with van der Waals surface area (Å²) in [7, 11) is 0. The number of benzene rings is 1. The molecule has 1 heterocycles. The van der Waals surface area contributed by atoms with Crippen LogP contribution >= 0.6 is 22.6 Å². The lowest BCUT2D eigenvalue weighted by atomic mass is 10.1. The smallest absolute Gasteiger partial charge is 0.251 e. The molecule has 0 fully saturated rings. The Morgan fingerprint density at radius 2 is 2.32 bits per heavy atom. The third kappa shape index (κ3) is 4.05. The third-order valence-corrected chi connectivity index (χ3v) is 3.60. The number of aryl methyl sites for hydroxylation is 2. The van der Waals surface area contributed by atoms with Crippen LogP contribution in [-0.4, -0.2) is 22.6 Å². The molecule has 0 spiro atoms. The zero-order valence-electron chi connectivity index (χ0n) is 10.7. The molecule has 4 nitrogen and oxygen atoms in total. The van der Waals surface area contributed by atoms with Crippen LogP contribution in [0.3, 0.4) is 0 Å². The van der Waals surface area contributed by atoms with Crippen LogP contribution in [0.1, 0.15) is 28.0 Å². The topological polar surface area (TPSA) is 57.8 Å². The second-order valence-electron chi connectivity index (χ2n) is 4.39. The van der Waals surface area contributed by atoms with Crippen LogP contribution in [0, 0.1) is 10.5 Å². The summed E-state index contributed by atoms with van der Waals surface area (Å²) in [4.78, 5) is 11.9. The number of carbonyl (C=O) groups excluding carboxylic acids is 1. The largest absolute Gasteiger partial charge is 0.352 e. The Hall–Kier alpha value is -1.37. The summed E-state index contributed by atoms with van der Waals surface area (Å²) in [5.74, 6) is -0.0116. The number of carbonyl (C=O) groups is 1. The molecular formula is C14H16IN3O. The molecule has 2 aromatic rings. The Labute approximate surface area is 126 Å². The van der Waals surface area contributed by atoms with Gasteiger partial charge in [-0.1, -0.05) is 6.07 Å². The second kappa shape index (κ2) is 6.70. The summed E-state index contributed by atoms with van der Waals surface area (Å²) in [6.07, 6.45) is 3.68. The van der Waals surface area contributed by atoms with Gasteiger partial charge in [-0.3, -0.25) is 9.89 Å². The van der Waals surface area contributed by atoms with E-state index in [0.29, 0.717) is 12.1 Å². The van der Waals surface area contributed by atoms with E-state index >= 15 is 0 Å². The van der Waals surface area contributed by atoms with Gasteiger partial charge in [-0.15, -0.1) is 0 Å². The van der Waals surface area contributed by atoms with Crippen molar-refractivity contribution in [1.29, 1.82) is 0 Å². The molecule has 100 valence electrons. The summed E-state index contributed by atoms with van der Waals surface area (Å²) < 4.78 is 1.07. The number of hydrogen-bond acceptors (Lipinski definition) is 2. The number of aromatic nitrogens is 2. The second-order valence-corrected chi connectivity index (χ2v) is 5.64. The highest BCUT2D eigenvalue weighted by atomic mass is 127. The van der Waals surface area contributed by atoms with E-state index in [9.17, 15) is 4.79 Å². The van der Waals surface area contributed by atoms with Crippen molar-refractivity contribution in [1.82, 2.24) is 15.5 Å². The first-order chi connectivity index (χ1) is 9.16. The van der Waals surface area contributed by atoms with Crippen LogP contribution in [-0.2, 0) is 6.42 Å². The van der Waals surface area contributed by atoms with E-state index < -0.39 is 0 Å². The zero-order valence-corrected chi connectivity index (χ0v) is 12.9. The van der Waals surface area contributed by atoms with Gasteiger partial charge in [0.25, 0.3) is 5.91 Å². The van der Waals surface area contributed by atoms with Gasteiger partial charge in [-0.25, -0.2) is 0 Å². The van der Waals surface area contributed by atoms with E-state index in [2.05, 4.69) is 38.1 Å². The number of H-pyrrole nitrogens is 1. The summed E-state index contributed by atoms with van der Waals surface area (Å²) in [5, 5.41) is 9.83. The maximum atomic E-state index is 11.9. The fourth-order valence-electron chi connectivity index (χ4n) is 1.84. The Kier molecular flexibility index (Phi) is 4.95. The van der Waals surface area contributed by atoms with Crippen LogP contribution in [0.25, 0.3) is 0 Å². The van der Waals surface area contributed by atoms with E-state index in [1.54, 1.807) is 0 Å². The van der Waals surface area contributed by atoms with E-state index in [0.717, 1.165) is 22.1 Å². The third-order valence-electron chi connectivity index (χ3n) is 2.93. The van der Waals surface area contributed by atoms with Crippen molar-refractivity contribution < 1.29 is 4.79 Å². The van der Waals surface area contributed by atoms with Gasteiger partial charge in [0.2, 0.25) is 0 Å². The van der Waals surface area contributed by atoms with E-state index in [1.807, 2.05) is 37.4 Å². The minimum atomic E-state index is -0.0116. The lowest BCUT2D eigenvalue weighted by molar-refractivity contribution is 0.0953. The highest BCUT2D eigenvalue weighted by Crippen LogP contribution is 2.08. The normalized spacial score (nSPS) is 10.4. The Morgan fingerprint density at radius 3 is 3.00 bits per heavy atom. The van der Waals surface area contributed by atoms with Gasteiger partial charge in [0, 0.05) is 21.4 Å². The summed E-state index contributed by atoms with van der Waals surface area (Å²) in [6.45, 7) is 2.68. The monoisotopic (exact) mass is 369 g/mol. The first-order valence-corrected chi connectivity index (χ1v) is 7.27. The summed E-state index contributed by atoms with van der Waals surface area (Å²) in [6, 6.07) is 7.58. The minimum absolute atomic E-state index is 0.0116. The summed E-state index contributed by atoms with van der Waals surface area (Å²) >= 11 is 2.20. The van der Waals surface area contributed by atoms with Crippen LogP contribution < -0.4 is 5.32 Å². The number of nitrogens with one attached hydrogen (secondary N) is 2. The van der Waals surface area contributed by atoms with Crippen molar-refractivity contribution >= 4 is 28.5 Å². The van der Waals surface area contributed by atoms with E-state index in [1.165, 1.54) is 5.56 Å². The first kappa shape index (κ1) is 14.0. The fourth-order valence-corrected chi connectivity index (χ4v) is 2.38. The van der Waals surface area contributed by atoms with E-state index in [-0.39, 0.29) is 5.91 Å². The Morgan fingerprint density at radius 1 is 1.47 bits per heavy atom. The van der Waals surface area contributed by atoms with Gasteiger partial charge >= 0.3 is 0 Å². The zero-order chi connectivity index (χ0) is 13.7. The Bertz CT molecular complexity index is 565. The lowest BCUT2D eigenvalue weighted by Crippen LogP contribution is -2.24. The minimum Gasteiger partial charge on any atom is -0.352 e. The SMILES string of the molecule is Cc1[nH]ncc1CCCNC(=O)c1cccc(I)c1. The molecule has 19 heavy (non-hydrogen) atoms. The van der Waals surface area contributed by atoms with Crippen LogP contribution in [0.4, 0.5) is 0 Å². The lowest BCUT2D eigenvalue weighted by Gasteiger charge is -2.05. The molecule has 0 aliphatic heterocycles. The quantitative estimate of drug-likeness (QED) is 0.629. The Balaban J connectivity index is 1.77. The molecule has 0 bridgehead atoms. The number of nitrogens with zero attached hydrogens (tertiary/aromatic N) is 1. The molecule has 1 aromatic heterocycles. The van der Waals surface area contributed by atoms with Crippen molar-refractivity contribution in [2.24, 2.45) is 0 Å². The number of hydrogen-bond donors (Lipinski definition) is 2. The van der Waals surface area contributed by atoms with Crippen LogP contribution in [0.2, 0.25) is 0 Å². The van der Waals surface area contributed by atoms with Crippen LogP contribution in [0.5, 0.6) is 0 Å². The molecule has 2 N–H and O–H groups in total. The predicted molar refractivity (Wildman–Crippen MR) is 83.1 cm³/mol. The van der Waals surface area contributed by atoms with E-state index in [4.69, 9.17) is 0 Å². The van der Waals surface area contributed by atoms with Gasteiger partial charge in [-0.2, -0.15) is 5.10 Å². The average Bonchev–Trinajstić information content (AvgIpc) is 2.80. The molecule has 5 heteroatoms. The molecule has 0 aliphatic carbocycles. The van der Waals surface area contributed by atoms with Gasteiger partial charge in [-0.05, 0) is 66.1 Å². The number of rotatable bonds is 5. The number of aromatic amines is 1. The van der Waals surface area contributed by atoms with Gasteiger partial charge in [0.15, 0.2) is 0 Å².